The summed E-state index contributed by atoms with van der Waals surface area (Å²) in [6.07, 6.45) is 1.77. The molecule has 1 N–H and O–H groups in total. The lowest BCUT2D eigenvalue weighted by molar-refractivity contribution is -0.132. The fraction of sp³-hybridized carbons (Fsp3) is 0.278. The lowest BCUT2D eigenvalue weighted by atomic mass is 10.3. The molecule has 0 atom stereocenters. The van der Waals surface area contributed by atoms with Crippen LogP contribution in [-0.4, -0.2) is 51.5 Å². The summed E-state index contributed by atoms with van der Waals surface area (Å²) < 4.78 is 1.50. The number of amides is 1. The van der Waals surface area contributed by atoms with Gasteiger partial charge in [-0.3, -0.25) is 9.36 Å². The molecule has 1 fully saturated rings. The van der Waals surface area contributed by atoms with Gasteiger partial charge in [-0.15, -0.1) is 0 Å². The van der Waals surface area contributed by atoms with E-state index in [1.165, 1.54) is 4.57 Å². The van der Waals surface area contributed by atoms with Gasteiger partial charge in [0.25, 0.3) is 0 Å². The molecule has 7 heteroatoms. The molecule has 3 heterocycles. The number of nitrogens with zero attached hydrogens (tertiary/aromatic N) is 4. The Morgan fingerprint density at radius 2 is 1.80 bits per heavy atom. The second kappa shape index (κ2) is 6.43. The largest absolute Gasteiger partial charge is 0.353 e. The molecular weight excluding hydrogens is 318 g/mol. The molecule has 1 saturated heterocycles. The Balaban J connectivity index is 1.44. The summed E-state index contributed by atoms with van der Waals surface area (Å²) in [7, 11) is 0. The van der Waals surface area contributed by atoms with Crippen molar-refractivity contribution in [1.29, 1.82) is 0 Å². The smallest absolute Gasteiger partial charge is 0.326 e. The van der Waals surface area contributed by atoms with Crippen LogP contribution >= 0.6 is 0 Å². The summed E-state index contributed by atoms with van der Waals surface area (Å²) in [5, 5.41) is 0. The molecule has 0 radical (unpaired) electrons. The second-order valence-electron chi connectivity index (χ2n) is 6.09. The molecule has 2 aromatic heterocycles. The average Bonchev–Trinajstić information content (AvgIpc) is 2.98. The van der Waals surface area contributed by atoms with Crippen LogP contribution in [0.3, 0.4) is 0 Å². The summed E-state index contributed by atoms with van der Waals surface area (Å²) in [4.78, 5) is 35.9. The highest BCUT2D eigenvalue weighted by Gasteiger charge is 2.22. The maximum atomic E-state index is 12.6. The van der Waals surface area contributed by atoms with Crippen LogP contribution in [-0.2, 0) is 11.3 Å². The fourth-order valence-corrected chi connectivity index (χ4v) is 3.22. The number of carbonyl (C=O) groups is 1. The number of rotatable bonds is 3. The predicted octanol–water partition coefficient (Wildman–Crippen LogP) is 1.07. The zero-order chi connectivity index (χ0) is 17.2. The van der Waals surface area contributed by atoms with E-state index in [9.17, 15) is 9.59 Å². The number of pyridine rings is 1. The highest BCUT2D eigenvalue weighted by molar-refractivity contribution is 5.80. The Morgan fingerprint density at radius 3 is 2.56 bits per heavy atom. The van der Waals surface area contributed by atoms with Crippen LogP contribution in [0.5, 0.6) is 0 Å². The van der Waals surface area contributed by atoms with Crippen molar-refractivity contribution in [3.8, 4) is 0 Å². The van der Waals surface area contributed by atoms with Crippen molar-refractivity contribution in [2.45, 2.75) is 6.54 Å². The molecule has 7 nitrogen and oxygen atoms in total. The van der Waals surface area contributed by atoms with Gasteiger partial charge in [0.05, 0.1) is 11.0 Å². The molecule has 25 heavy (non-hydrogen) atoms. The van der Waals surface area contributed by atoms with Gasteiger partial charge in [0.2, 0.25) is 5.91 Å². The Kier molecular flexibility index (Phi) is 3.97. The number of carbonyl (C=O) groups excluding carboxylic acids is 1. The maximum Gasteiger partial charge on any atom is 0.326 e. The first-order valence-electron chi connectivity index (χ1n) is 8.34. The molecule has 4 rings (SSSR count). The minimum Gasteiger partial charge on any atom is -0.353 e. The average molecular weight is 337 g/mol. The molecule has 0 spiro atoms. The van der Waals surface area contributed by atoms with Crippen LogP contribution in [0.2, 0.25) is 0 Å². The summed E-state index contributed by atoms with van der Waals surface area (Å²) in [6, 6.07) is 13.2. The monoisotopic (exact) mass is 337 g/mol. The van der Waals surface area contributed by atoms with Gasteiger partial charge in [0, 0.05) is 32.4 Å². The van der Waals surface area contributed by atoms with Gasteiger partial charge in [0.15, 0.2) is 0 Å². The number of hydrogen-bond donors (Lipinski definition) is 1. The zero-order valence-electron chi connectivity index (χ0n) is 13.8. The normalized spacial score (nSPS) is 14.9. The minimum atomic E-state index is -0.248. The van der Waals surface area contributed by atoms with Crippen LogP contribution in [0.4, 0.5) is 5.82 Å². The molecule has 0 unspecified atom stereocenters. The van der Waals surface area contributed by atoms with Crippen molar-refractivity contribution >= 4 is 22.8 Å². The number of nitrogens with one attached hydrogen (secondary N) is 1. The van der Waals surface area contributed by atoms with Gasteiger partial charge >= 0.3 is 5.69 Å². The number of para-hydroxylation sites is 2. The van der Waals surface area contributed by atoms with E-state index in [-0.39, 0.29) is 18.1 Å². The summed E-state index contributed by atoms with van der Waals surface area (Å²) in [6.45, 7) is 2.81. The second-order valence-corrected chi connectivity index (χ2v) is 6.09. The number of fused-ring (bicyclic) bond motifs is 1. The topological polar surface area (TPSA) is 74.2 Å². The van der Waals surface area contributed by atoms with Crippen molar-refractivity contribution in [1.82, 2.24) is 19.4 Å². The van der Waals surface area contributed by atoms with Crippen molar-refractivity contribution < 1.29 is 4.79 Å². The number of hydrogen-bond acceptors (Lipinski definition) is 4. The van der Waals surface area contributed by atoms with E-state index in [4.69, 9.17) is 0 Å². The van der Waals surface area contributed by atoms with Crippen molar-refractivity contribution in [3.05, 3.63) is 59.1 Å². The van der Waals surface area contributed by atoms with Crippen molar-refractivity contribution in [2.24, 2.45) is 0 Å². The first-order valence-corrected chi connectivity index (χ1v) is 8.34. The molecule has 0 bridgehead atoms. The molecule has 0 aliphatic carbocycles. The first-order chi connectivity index (χ1) is 12.2. The summed E-state index contributed by atoms with van der Waals surface area (Å²) in [5.74, 6) is 0.898. The summed E-state index contributed by atoms with van der Waals surface area (Å²) >= 11 is 0. The standard InChI is InChI=1S/C18H19N5O2/c24-17(13-23-15-6-2-1-5-14(15)20-18(23)25)22-11-9-21(10-12-22)16-7-3-4-8-19-16/h1-8H,9-13H2,(H,20,25). The lowest BCUT2D eigenvalue weighted by Gasteiger charge is -2.35. The highest BCUT2D eigenvalue weighted by atomic mass is 16.2. The van der Waals surface area contributed by atoms with Gasteiger partial charge in [-0.2, -0.15) is 0 Å². The van der Waals surface area contributed by atoms with E-state index in [1.807, 2.05) is 47.4 Å². The third-order valence-electron chi connectivity index (χ3n) is 4.58. The van der Waals surface area contributed by atoms with Gasteiger partial charge in [0.1, 0.15) is 12.4 Å². The zero-order valence-corrected chi connectivity index (χ0v) is 13.8. The van der Waals surface area contributed by atoms with Crippen LogP contribution in [0.15, 0.2) is 53.5 Å². The quantitative estimate of drug-likeness (QED) is 0.776. The Labute approximate surface area is 144 Å². The number of H-pyrrole nitrogens is 1. The molecule has 0 saturated carbocycles. The molecule has 1 amide bonds. The molecule has 1 aliphatic heterocycles. The first kappa shape index (κ1) is 15.4. The Bertz CT molecular complexity index is 939. The van der Waals surface area contributed by atoms with Crippen LogP contribution in [0.25, 0.3) is 11.0 Å². The van der Waals surface area contributed by atoms with E-state index in [0.29, 0.717) is 13.1 Å². The molecule has 3 aromatic rings. The van der Waals surface area contributed by atoms with Crippen molar-refractivity contribution in [3.63, 3.8) is 0 Å². The predicted molar refractivity (Wildman–Crippen MR) is 95.6 cm³/mol. The summed E-state index contributed by atoms with van der Waals surface area (Å²) in [5.41, 5.74) is 1.26. The van der Waals surface area contributed by atoms with Crippen LogP contribution < -0.4 is 10.6 Å². The number of benzene rings is 1. The fourth-order valence-electron chi connectivity index (χ4n) is 3.22. The van der Waals surface area contributed by atoms with E-state index in [1.54, 1.807) is 6.20 Å². The van der Waals surface area contributed by atoms with Gasteiger partial charge in [-0.1, -0.05) is 18.2 Å². The van der Waals surface area contributed by atoms with E-state index in [0.717, 1.165) is 29.9 Å². The highest BCUT2D eigenvalue weighted by Crippen LogP contribution is 2.14. The SMILES string of the molecule is O=C(Cn1c(=O)[nH]c2ccccc21)N1CCN(c2ccccn2)CC1. The van der Waals surface area contributed by atoms with Crippen molar-refractivity contribution in [2.75, 3.05) is 31.1 Å². The number of aromatic amines is 1. The molecular formula is C18H19N5O2. The maximum absolute atomic E-state index is 12.6. The Hall–Kier alpha value is -3.09. The van der Waals surface area contributed by atoms with Crippen LogP contribution in [0.1, 0.15) is 0 Å². The lowest BCUT2D eigenvalue weighted by Crippen LogP contribution is -2.50. The van der Waals surface area contributed by atoms with E-state index >= 15 is 0 Å². The number of aromatic nitrogens is 3. The number of imidazole rings is 1. The Morgan fingerprint density at radius 1 is 1.04 bits per heavy atom. The van der Waals surface area contributed by atoms with Gasteiger partial charge in [-0.05, 0) is 24.3 Å². The van der Waals surface area contributed by atoms with Gasteiger partial charge in [-0.25, -0.2) is 9.78 Å². The molecule has 1 aliphatic rings. The minimum absolute atomic E-state index is 0.0347. The van der Waals surface area contributed by atoms with Crippen LogP contribution in [0, 0.1) is 0 Å². The number of piperazine rings is 1. The molecule has 128 valence electrons. The van der Waals surface area contributed by atoms with E-state index in [2.05, 4.69) is 14.9 Å². The third-order valence-corrected chi connectivity index (χ3v) is 4.58. The number of anilines is 1. The molecule has 1 aromatic carbocycles. The van der Waals surface area contributed by atoms with Gasteiger partial charge < -0.3 is 14.8 Å². The third kappa shape index (κ3) is 3.00. The van der Waals surface area contributed by atoms with E-state index < -0.39 is 0 Å².